The van der Waals surface area contributed by atoms with E-state index in [0.29, 0.717) is 6.54 Å². The smallest absolute Gasteiger partial charge is 0.227 e. The summed E-state index contributed by atoms with van der Waals surface area (Å²) < 4.78 is 0. The van der Waals surface area contributed by atoms with Crippen LogP contribution < -0.4 is 0 Å². The molecule has 3 heteroatoms. The van der Waals surface area contributed by atoms with Gasteiger partial charge in [0.05, 0.1) is 6.07 Å². The van der Waals surface area contributed by atoms with E-state index in [2.05, 4.69) is 12.1 Å². The topological polar surface area (TPSA) is 44.1 Å². The van der Waals surface area contributed by atoms with Crippen molar-refractivity contribution >= 4 is 5.91 Å². The highest BCUT2D eigenvalue weighted by Crippen LogP contribution is 2.33. The fraction of sp³-hybridized carbons (Fsp3) is 0.529. The summed E-state index contributed by atoms with van der Waals surface area (Å²) in [5.41, 5.74) is 2.23. The molecule has 0 radical (unpaired) electrons. The number of amides is 1. The van der Waals surface area contributed by atoms with Crippen LogP contribution >= 0.6 is 0 Å². The largest absolute Gasteiger partial charge is 0.322 e. The third-order valence-electron chi connectivity index (χ3n) is 4.64. The molecule has 1 aliphatic heterocycles. The van der Waals surface area contributed by atoms with Gasteiger partial charge < -0.3 is 4.90 Å². The zero-order chi connectivity index (χ0) is 13.9. The summed E-state index contributed by atoms with van der Waals surface area (Å²) in [6, 6.07) is 9.96. The summed E-state index contributed by atoms with van der Waals surface area (Å²) in [6.07, 6.45) is 6.40. The third-order valence-corrected chi connectivity index (χ3v) is 4.64. The van der Waals surface area contributed by atoms with Gasteiger partial charge in [-0.25, -0.2) is 0 Å². The molecule has 104 valence electrons. The van der Waals surface area contributed by atoms with Crippen molar-refractivity contribution in [3.63, 3.8) is 0 Å². The molecule has 0 unspecified atom stereocenters. The molecule has 0 saturated heterocycles. The number of fused-ring (bicyclic) bond motifs is 1. The van der Waals surface area contributed by atoms with E-state index in [9.17, 15) is 10.1 Å². The average molecular weight is 268 g/mol. The Bertz CT molecular complexity index is 540. The molecule has 1 aromatic rings. The first-order valence-corrected chi connectivity index (χ1v) is 7.59. The second kappa shape index (κ2) is 5.66. The Kier molecular flexibility index (Phi) is 3.73. The number of benzene rings is 1. The first-order valence-electron chi connectivity index (χ1n) is 7.59. The Morgan fingerprint density at radius 1 is 1.20 bits per heavy atom. The van der Waals surface area contributed by atoms with Crippen LogP contribution in [0.25, 0.3) is 0 Å². The lowest BCUT2D eigenvalue weighted by molar-refractivity contribution is -0.138. The Balaban J connectivity index is 1.84. The maximum absolute atomic E-state index is 12.7. The maximum atomic E-state index is 12.7. The van der Waals surface area contributed by atoms with Crippen molar-refractivity contribution in [2.75, 3.05) is 6.54 Å². The molecule has 0 aromatic heterocycles. The van der Waals surface area contributed by atoms with Crippen LogP contribution in [0.5, 0.6) is 0 Å². The van der Waals surface area contributed by atoms with Gasteiger partial charge >= 0.3 is 0 Å². The molecule has 1 aliphatic carbocycles. The Labute approximate surface area is 120 Å². The molecule has 3 rings (SSSR count). The maximum Gasteiger partial charge on any atom is 0.227 e. The van der Waals surface area contributed by atoms with E-state index in [1.54, 1.807) is 0 Å². The Morgan fingerprint density at radius 3 is 2.70 bits per heavy atom. The number of nitrogens with zero attached hydrogens (tertiary/aromatic N) is 2. The first-order chi connectivity index (χ1) is 9.81. The lowest BCUT2D eigenvalue weighted by Gasteiger charge is -2.36. The number of carbonyl (C=O) groups is 1. The molecule has 1 heterocycles. The molecule has 1 amide bonds. The molecule has 0 bridgehead atoms. The summed E-state index contributed by atoms with van der Waals surface area (Å²) in [4.78, 5) is 14.5. The minimum atomic E-state index is -0.394. The molecule has 2 aliphatic rings. The van der Waals surface area contributed by atoms with Gasteiger partial charge in [-0.2, -0.15) is 5.26 Å². The second-order valence-corrected chi connectivity index (χ2v) is 5.85. The minimum absolute atomic E-state index is 0.143. The van der Waals surface area contributed by atoms with Gasteiger partial charge in [-0.05, 0) is 30.4 Å². The number of hydrogen-bond acceptors (Lipinski definition) is 2. The number of rotatable bonds is 1. The number of carbonyl (C=O) groups excluding carboxylic acids is 1. The lowest BCUT2D eigenvalue weighted by Crippen LogP contribution is -2.43. The van der Waals surface area contributed by atoms with E-state index in [1.165, 1.54) is 12.0 Å². The SMILES string of the molecule is N#C[C@H]1c2ccccc2CCN1C(=O)C1CCCCC1. The zero-order valence-electron chi connectivity index (χ0n) is 11.7. The van der Waals surface area contributed by atoms with Crippen LogP contribution in [0.15, 0.2) is 24.3 Å². The second-order valence-electron chi connectivity index (χ2n) is 5.85. The summed E-state index contributed by atoms with van der Waals surface area (Å²) in [5, 5.41) is 9.51. The summed E-state index contributed by atoms with van der Waals surface area (Å²) in [7, 11) is 0. The van der Waals surface area contributed by atoms with Crippen LogP contribution in [0, 0.1) is 17.2 Å². The highest BCUT2D eigenvalue weighted by Gasteiger charge is 2.34. The van der Waals surface area contributed by atoms with Crippen LogP contribution in [0.3, 0.4) is 0 Å². The summed E-state index contributed by atoms with van der Waals surface area (Å²) in [5.74, 6) is 0.343. The Hall–Kier alpha value is -1.82. The van der Waals surface area contributed by atoms with Crippen molar-refractivity contribution in [3.05, 3.63) is 35.4 Å². The van der Waals surface area contributed by atoms with Crippen molar-refractivity contribution in [1.29, 1.82) is 5.26 Å². The van der Waals surface area contributed by atoms with Gasteiger partial charge in [0.25, 0.3) is 0 Å². The molecule has 0 spiro atoms. The van der Waals surface area contributed by atoms with Gasteiger partial charge in [0.1, 0.15) is 6.04 Å². The summed E-state index contributed by atoms with van der Waals surface area (Å²) in [6.45, 7) is 0.685. The highest BCUT2D eigenvalue weighted by molar-refractivity contribution is 5.80. The van der Waals surface area contributed by atoms with Crippen molar-refractivity contribution in [2.24, 2.45) is 5.92 Å². The van der Waals surface area contributed by atoms with Gasteiger partial charge in [0.2, 0.25) is 5.91 Å². The van der Waals surface area contributed by atoms with Gasteiger partial charge in [-0.15, -0.1) is 0 Å². The predicted octanol–water partition coefficient (Wildman–Crippen LogP) is 3.22. The molecule has 1 atom stereocenters. The van der Waals surface area contributed by atoms with Gasteiger partial charge in [-0.1, -0.05) is 43.5 Å². The molecule has 1 aromatic carbocycles. The van der Waals surface area contributed by atoms with Crippen molar-refractivity contribution < 1.29 is 4.79 Å². The van der Waals surface area contributed by atoms with Crippen LogP contribution in [0.4, 0.5) is 0 Å². The van der Waals surface area contributed by atoms with Crippen LogP contribution in [-0.4, -0.2) is 17.4 Å². The number of hydrogen-bond donors (Lipinski definition) is 0. The van der Waals surface area contributed by atoms with E-state index in [0.717, 1.165) is 37.7 Å². The van der Waals surface area contributed by atoms with Crippen molar-refractivity contribution in [1.82, 2.24) is 4.90 Å². The van der Waals surface area contributed by atoms with Crippen LogP contribution in [0.2, 0.25) is 0 Å². The van der Waals surface area contributed by atoms with E-state index in [1.807, 2.05) is 23.1 Å². The van der Waals surface area contributed by atoms with Gasteiger partial charge in [-0.3, -0.25) is 4.79 Å². The van der Waals surface area contributed by atoms with E-state index < -0.39 is 6.04 Å². The van der Waals surface area contributed by atoms with Crippen molar-refractivity contribution in [3.8, 4) is 6.07 Å². The monoisotopic (exact) mass is 268 g/mol. The van der Waals surface area contributed by atoms with Crippen molar-refractivity contribution in [2.45, 2.75) is 44.6 Å². The van der Waals surface area contributed by atoms with E-state index in [-0.39, 0.29) is 11.8 Å². The lowest BCUT2D eigenvalue weighted by atomic mass is 9.86. The minimum Gasteiger partial charge on any atom is -0.322 e. The fourth-order valence-electron chi connectivity index (χ4n) is 3.53. The van der Waals surface area contributed by atoms with Gasteiger partial charge in [0, 0.05) is 12.5 Å². The van der Waals surface area contributed by atoms with Crippen LogP contribution in [0.1, 0.15) is 49.3 Å². The molecule has 0 N–H and O–H groups in total. The molecule has 1 fully saturated rings. The average Bonchev–Trinajstić information content (AvgIpc) is 2.54. The molecule has 20 heavy (non-hydrogen) atoms. The standard InChI is InChI=1S/C17H20N2O/c18-12-16-15-9-5-4-6-13(15)10-11-19(16)17(20)14-7-2-1-3-8-14/h4-6,9,14,16H,1-3,7-8,10-11H2/t16-/m0/s1. The quantitative estimate of drug-likeness (QED) is 0.785. The molecular formula is C17H20N2O. The third kappa shape index (κ3) is 2.31. The van der Waals surface area contributed by atoms with E-state index in [4.69, 9.17) is 0 Å². The predicted molar refractivity (Wildman–Crippen MR) is 76.8 cm³/mol. The molecule has 1 saturated carbocycles. The normalized spacial score (nSPS) is 22.9. The number of nitriles is 1. The highest BCUT2D eigenvalue weighted by atomic mass is 16.2. The Morgan fingerprint density at radius 2 is 1.95 bits per heavy atom. The summed E-state index contributed by atoms with van der Waals surface area (Å²) >= 11 is 0. The first kappa shape index (κ1) is 13.2. The fourth-order valence-corrected chi connectivity index (χ4v) is 3.53. The van der Waals surface area contributed by atoms with Crippen LogP contribution in [-0.2, 0) is 11.2 Å². The van der Waals surface area contributed by atoms with Gasteiger partial charge in [0.15, 0.2) is 0 Å². The molecular weight excluding hydrogens is 248 g/mol. The zero-order valence-corrected chi connectivity index (χ0v) is 11.7. The molecule has 3 nitrogen and oxygen atoms in total. The van der Waals surface area contributed by atoms with E-state index >= 15 is 0 Å².